The normalized spacial score (nSPS) is 11.1. The molecule has 7 heteroatoms. The average molecular weight is 297 g/mol. The zero-order valence-corrected chi connectivity index (χ0v) is 10.2. The Balaban J connectivity index is 2.23. The van der Waals surface area contributed by atoms with Crippen molar-refractivity contribution in [1.82, 2.24) is 15.3 Å². The third-order valence-electron chi connectivity index (χ3n) is 2.07. The first kappa shape index (κ1) is 9.73. The van der Waals surface area contributed by atoms with Crippen molar-refractivity contribution in [3.63, 3.8) is 0 Å². The minimum Gasteiger partial charge on any atom is -0.379 e. The molecule has 0 amide bonds. The van der Waals surface area contributed by atoms with Crippen molar-refractivity contribution in [2.75, 3.05) is 5.73 Å². The summed E-state index contributed by atoms with van der Waals surface area (Å²) in [5, 5.41) is 7.97. The van der Waals surface area contributed by atoms with Gasteiger partial charge in [-0.25, -0.2) is 9.61 Å². The van der Waals surface area contributed by atoms with E-state index in [4.69, 9.17) is 5.73 Å². The Labute approximate surface area is 102 Å². The third-order valence-corrected chi connectivity index (χ3v) is 3.59. The molecule has 0 aliphatic heterocycles. The van der Waals surface area contributed by atoms with Crippen molar-refractivity contribution in [3.05, 3.63) is 22.7 Å². The van der Waals surface area contributed by atoms with Crippen molar-refractivity contribution < 1.29 is 4.63 Å². The first-order valence-corrected chi connectivity index (χ1v) is 5.99. The van der Waals surface area contributed by atoms with Crippen LogP contribution in [-0.2, 0) is 0 Å². The quantitative estimate of drug-likeness (QED) is 0.747. The highest BCUT2D eigenvalue weighted by atomic mass is 79.9. The SMILES string of the molecule is Nc1nonc1-c1nc2ccc(Br)cc2s1. The third kappa shape index (κ3) is 1.48. The molecule has 3 rings (SSSR count). The maximum absolute atomic E-state index is 5.61. The molecule has 3 aromatic rings. The van der Waals surface area contributed by atoms with Crippen molar-refractivity contribution in [1.29, 1.82) is 0 Å². The number of hydrogen-bond donors (Lipinski definition) is 1. The van der Waals surface area contributed by atoms with Crippen LogP contribution in [0, 0.1) is 0 Å². The van der Waals surface area contributed by atoms with E-state index in [9.17, 15) is 0 Å². The summed E-state index contributed by atoms with van der Waals surface area (Å²) < 4.78 is 6.63. The highest BCUT2D eigenvalue weighted by Crippen LogP contribution is 2.32. The van der Waals surface area contributed by atoms with E-state index in [1.54, 1.807) is 0 Å². The topological polar surface area (TPSA) is 77.8 Å². The zero-order valence-electron chi connectivity index (χ0n) is 7.85. The average Bonchev–Trinajstić information content (AvgIpc) is 2.82. The molecule has 5 nitrogen and oxygen atoms in total. The Hall–Kier alpha value is -1.47. The minimum absolute atomic E-state index is 0.262. The van der Waals surface area contributed by atoms with E-state index in [2.05, 4.69) is 35.9 Å². The molecule has 0 aliphatic carbocycles. The van der Waals surface area contributed by atoms with Crippen molar-refractivity contribution in [2.24, 2.45) is 0 Å². The van der Waals surface area contributed by atoms with Gasteiger partial charge in [-0.05, 0) is 28.5 Å². The van der Waals surface area contributed by atoms with Crippen LogP contribution in [0.2, 0.25) is 0 Å². The highest BCUT2D eigenvalue weighted by molar-refractivity contribution is 9.10. The number of anilines is 1. The fourth-order valence-corrected chi connectivity index (χ4v) is 2.85. The molecular formula is C9H5BrN4OS. The molecule has 0 fully saturated rings. The van der Waals surface area contributed by atoms with Gasteiger partial charge in [0.2, 0.25) is 0 Å². The molecule has 2 heterocycles. The molecule has 80 valence electrons. The van der Waals surface area contributed by atoms with E-state index in [0.717, 1.165) is 14.7 Å². The van der Waals surface area contributed by atoms with Gasteiger partial charge in [0.25, 0.3) is 0 Å². The number of hydrogen-bond acceptors (Lipinski definition) is 6. The van der Waals surface area contributed by atoms with Gasteiger partial charge in [-0.2, -0.15) is 0 Å². The van der Waals surface area contributed by atoms with Gasteiger partial charge in [0.1, 0.15) is 0 Å². The molecule has 0 radical (unpaired) electrons. The Morgan fingerprint density at radius 1 is 1.31 bits per heavy atom. The second kappa shape index (κ2) is 3.53. The number of nitrogen functional groups attached to an aromatic ring is 1. The van der Waals surface area contributed by atoms with E-state index in [-0.39, 0.29) is 5.82 Å². The summed E-state index contributed by atoms with van der Waals surface area (Å²) in [6.07, 6.45) is 0. The lowest BCUT2D eigenvalue weighted by Crippen LogP contribution is -1.87. The van der Waals surface area contributed by atoms with Gasteiger partial charge < -0.3 is 5.73 Å². The van der Waals surface area contributed by atoms with Crippen LogP contribution in [0.4, 0.5) is 5.82 Å². The minimum atomic E-state index is 0.262. The standard InChI is InChI=1S/C9H5BrN4OS/c10-4-1-2-5-6(3-4)16-9(12-5)7-8(11)14-15-13-7/h1-3H,(H2,11,14). The van der Waals surface area contributed by atoms with Gasteiger partial charge in [-0.1, -0.05) is 15.9 Å². The Kier molecular flexibility index (Phi) is 2.15. The number of benzene rings is 1. The summed E-state index contributed by atoms with van der Waals surface area (Å²) in [4.78, 5) is 4.41. The number of thiazole rings is 1. The number of aromatic nitrogens is 3. The Morgan fingerprint density at radius 2 is 2.19 bits per heavy atom. The smallest absolute Gasteiger partial charge is 0.198 e. The molecule has 0 atom stereocenters. The van der Waals surface area contributed by atoms with Gasteiger partial charge >= 0.3 is 0 Å². The van der Waals surface area contributed by atoms with Crippen LogP contribution in [0.5, 0.6) is 0 Å². The lowest BCUT2D eigenvalue weighted by Gasteiger charge is -1.86. The Bertz CT molecular complexity index is 662. The van der Waals surface area contributed by atoms with Gasteiger partial charge in [-0.3, -0.25) is 0 Å². The summed E-state index contributed by atoms with van der Waals surface area (Å²) >= 11 is 4.91. The first-order valence-electron chi connectivity index (χ1n) is 4.38. The van der Waals surface area contributed by atoms with Crippen LogP contribution in [0.15, 0.2) is 27.3 Å². The van der Waals surface area contributed by atoms with Crippen LogP contribution >= 0.6 is 27.3 Å². The lowest BCUT2D eigenvalue weighted by molar-refractivity contribution is 0.310. The number of fused-ring (bicyclic) bond motifs is 1. The summed E-state index contributed by atoms with van der Waals surface area (Å²) in [6.45, 7) is 0. The number of nitrogens with two attached hydrogens (primary N) is 1. The monoisotopic (exact) mass is 296 g/mol. The zero-order chi connectivity index (χ0) is 11.1. The largest absolute Gasteiger partial charge is 0.379 e. The van der Waals surface area contributed by atoms with E-state index in [0.29, 0.717) is 10.7 Å². The molecule has 16 heavy (non-hydrogen) atoms. The number of nitrogens with zero attached hydrogens (tertiary/aromatic N) is 3. The molecule has 0 bridgehead atoms. The number of rotatable bonds is 1. The van der Waals surface area contributed by atoms with E-state index in [1.165, 1.54) is 11.3 Å². The number of halogens is 1. The van der Waals surface area contributed by atoms with Gasteiger partial charge in [0.05, 0.1) is 10.2 Å². The summed E-state index contributed by atoms with van der Waals surface area (Å²) in [5.74, 6) is 0.262. The van der Waals surface area contributed by atoms with E-state index in [1.807, 2.05) is 18.2 Å². The molecule has 1 aromatic carbocycles. The molecule has 0 saturated heterocycles. The molecule has 0 unspecified atom stereocenters. The van der Waals surface area contributed by atoms with Crippen molar-refractivity contribution in [2.45, 2.75) is 0 Å². The maximum atomic E-state index is 5.61. The van der Waals surface area contributed by atoms with Gasteiger partial charge in [-0.15, -0.1) is 11.3 Å². The van der Waals surface area contributed by atoms with Crippen LogP contribution < -0.4 is 5.73 Å². The molecular weight excluding hydrogens is 292 g/mol. The predicted octanol–water partition coefficient (Wildman–Crippen LogP) is 2.69. The molecule has 2 N–H and O–H groups in total. The second-order valence-electron chi connectivity index (χ2n) is 3.13. The first-order chi connectivity index (χ1) is 7.74. The molecule has 2 aromatic heterocycles. The van der Waals surface area contributed by atoms with Gasteiger partial charge in [0, 0.05) is 4.47 Å². The predicted molar refractivity (Wildman–Crippen MR) is 65.0 cm³/mol. The fraction of sp³-hybridized carbons (Fsp3) is 0. The van der Waals surface area contributed by atoms with Crippen molar-refractivity contribution in [3.8, 4) is 10.7 Å². The summed E-state index contributed by atoms with van der Waals surface area (Å²) in [6, 6.07) is 5.87. The van der Waals surface area contributed by atoms with Crippen LogP contribution in [0.25, 0.3) is 20.9 Å². The van der Waals surface area contributed by atoms with Crippen molar-refractivity contribution >= 4 is 43.3 Å². The second-order valence-corrected chi connectivity index (χ2v) is 5.08. The van der Waals surface area contributed by atoms with E-state index < -0.39 is 0 Å². The van der Waals surface area contributed by atoms with E-state index >= 15 is 0 Å². The highest BCUT2D eigenvalue weighted by Gasteiger charge is 2.14. The summed E-state index contributed by atoms with van der Waals surface area (Å²) in [7, 11) is 0. The Morgan fingerprint density at radius 3 is 2.94 bits per heavy atom. The maximum Gasteiger partial charge on any atom is 0.198 e. The molecule has 0 saturated carbocycles. The fourth-order valence-electron chi connectivity index (χ4n) is 1.34. The summed E-state index contributed by atoms with van der Waals surface area (Å²) in [5.41, 5.74) is 7.02. The molecule has 0 aliphatic rings. The molecule has 0 spiro atoms. The lowest BCUT2D eigenvalue weighted by atomic mass is 10.3. The van der Waals surface area contributed by atoms with Gasteiger partial charge in [0.15, 0.2) is 16.5 Å². The van der Waals surface area contributed by atoms with Crippen LogP contribution in [-0.4, -0.2) is 15.3 Å². The van der Waals surface area contributed by atoms with Crippen LogP contribution in [0.3, 0.4) is 0 Å². The van der Waals surface area contributed by atoms with Crippen LogP contribution in [0.1, 0.15) is 0 Å².